The van der Waals surface area contributed by atoms with Crippen molar-refractivity contribution in [3.63, 3.8) is 0 Å². The van der Waals surface area contributed by atoms with Crippen molar-refractivity contribution in [2.75, 3.05) is 12.4 Å². The van der Waals surface area contributed by atoms with Gasteiger partial charge in [0, 0.05) is 18.4 Å². The molecule has 0 radical (unpaired) electrons. The number of nitrogens with zero attached hydrogens (tertiary/aromatic N) is 1. The molecule has 1 heterocycles. The lowest BCUT2D eigenvalue weighted by Crippen LogP contribution is -1.90. The summed E-state index contributed by atoms with van der Waals surface area (Å²) in [4.78, 5) is 0. The molecule has 0 atom stereocenters. The van der Waals surface area contributed by atoms with Gasteiger partial charge in [-0.1, -0.05) is 0 Å². The third kappa shape index (κ3) is 1.18. The summed E-state index contributed by atoms with van der Waals surface area (Å²) >= 11 is 4.10. The molecule has 2 N–H and O–H groups in total. The lowest BCUT2D eigenvalue weighted by molar-refractivity contribution is 1.09. The number of anilines is 1. The minimum atomic E-state index is 0.715. The van der Waals surface area contributed by atoms with Crippen LogP contribution in [-0.4, -0.2) is 17.2 Å². The Morgan fingerprint density at radius 1 is 1.89 bits per heavy atom. The Balaban J connectivity index is 2.85. The fraction of sp³-hybridized carbons (Fsp3) is 0.400. The normalized spacial score (nSPS) is 9.56. The Hall–Kier alpha value is -0.640. The van der Waals surface area contributed by atoms with E-state index in [1.54, 1.807) is 6.20 Å². The molecule has 1 aromatic rings. The molecule has 0 fully saturated rings. The maximum atomic E-state index is 4.10. The highest BCUT2D eigenvalue weighted by molar-refractivity contribution is 7.79. The maximum Gasteiger partial charge on any atom is 0.125 e. The summed E-state index contributed by atoms with van der Waals surface area (Å²) in [6.07, 6.45) is 1.76. The van der Waals surface area contributed by atoms with Crippen LogP contribution < -0.4 is 5.32 Å². The third-order valence-electron chi connectivity index (χ3n) is 1.14. The minimum Gasteiger partial charge on any atom is -0.373 e. The standard InChI is InChI=1S/C5H9N3S/c1-6-5-4(3-9)2-7-8-5/h2,9H,3H2,1H3,(H2,6,7,8). The molecule has 0 aliphatic carbocycles. The van der Waals surface area contributed by atoms with Gasteiger partial charge in [-0.25, -0.2) is 0 Å². The summed E-state index contributed by atoms with van der Waals surface area (Å²) in [5.74, 6) is 1.66. The summed E-state index contributed by atoms with van der Waals surface area (Å²) in [6.45, 7) is 0. The van der Waals surface area contributed by atoms with Crippen LogP contribution in [0.4, 0.5) is 5.82 Å². The van der Waals surface area contributed by atoms with E-state index in [9.17, 15) is 0 Å². The van der Waals surface area contributed by atoms with Crippen molar-refractivity contribution in [3.05, 3.63) is 11.8 Å². The second-order valence-corrected chi connectivity index (χ2v) is 1.99. The lowest BCUT2D eigenvalue weighted by atomic mass is 10.4. The summed E-state index contributed by atoms with van der Waals surface area (Å²) in [6, 6.07) is 0. The fourth-order valence-corrected chi connectivity index (χ4v) is 0.887. The number of aromatic amines is 1. The molecular weight excluding hydrogens is 134 g/mol. The summed E-state index contributed by atoms with van der Waals surface area (Å²) in [5.41, 5.74) is 1.10. The molecule has 4 heteroatoms. The van der Waals surface area contributed by atoms with E-state index in [1.165, 1.54) is 0 Å². The van der Waals surface area contributed by atoms with Gasteiger partial charge in [0.15, 0.2) is 0 Å². The number of hydrogen-bond acceptors (Lipinski definition) is 3. The molecular formula is C5H9N3S. The first-order valence-electron chi connectivity index (χ1n) is 2.69. The Morgan fingerprint density at radius 2 is 2.67 bits per heavy atom. The van der Waals surface area contributed by atoms with Gasteiger partial charge >= 0.3 is 0 Å². The Kier molecular flexibility index (Phi) is 2.00. The Morgan fingerprint density at radius 3 is 3.11 bits per heavy atom. The van der Waals surface area contributed by atoms with Gasteiger partial charge in [-0.15, -0.1) is 0 Å². The van der Waals surface area contributed by atoms with E-state index in [4.69, 9.17) is 0 Å². The van der Waals surface area contributed by atoms with Gasteiger partial charge in [-0.05, 0) is 0 Å². The molecule has 0 aliphatic rings. The highest BCUT2D eigenvalue weighted by Crippen LogP contribution is 2.10. The quantitative estimate of drug-likeness (QED) is 0.538. The predicted octanol–water partition coefficient (Wildman–Crippen LogP) is 0.881. The van der Waals surface area contributed by atoms with E-state index in [-0.39, 0.29) is 0 Å². The Bertz CT molecular complexity index is 166. The topological polar surface area (TPSA) is 40.7 Å². The molecule has 0 unspecified atom stereocenters. The van der Waals surface area contributed by atoms with Crippen LogP contribution in [0, 0.1) is 0 Å². The number of thiol groups is 1. The van der Waals surface area contributed by atoms with Gasteiger partial charge in [0.25, 0.3) is 0 Å². The van der Waals surface area contributed by atoms with Crippen LogP contribution in [0.5, 0.6) is 0 Å². The van der Waals surface area contributed by atoms with Gasteiger partial charge in [0.05, 0.1) is 6.20 Å². The molecule has 9 heavy (non-hydrogen) atoms. The second kappa shape index (κ2) is 2.77. The van der Waals surface area contributed by atoms with Crippen LogP contribution in [0.25, 0.3) is 0 Å². The number of aromatic nitrogens is 2. The van der Waals surface area contributed by atoms with Crippen LogP contribution in [0.1, 0.15) is 5.56 Å². The highest BCUT2D eigenvalue weighted by atomic mass is 32.1. The van der Waals surface area contributed by atoms with E-state index in [2.05, 4.69) is 28.1 Å². The highest BCUT2D eigenvalue weighted by Gasteiger charge is 1.97. The zero-order valence-corrected chi connectivity index (χ0v) is 6.07. The van der Waals surface area contributed by atoms with Crippen molar-refractivity contribution in [1.82, 2.24) is 10.2 Å². The molecule has 0 aromatic carbocycles. The van der Waals surface area contributed by atoms with E-state index < -0.39 is 0 Å². The van der Waals surface area contributed by atoms with E-state index >= 15 is 0 Å². The first-order valence-corrected chi connectivity index (χ1v) is 3.32. The van der Waals surface area contributed by atoms with Crippen molar-refractivity contribution in [2.45, 2.75) is 5.75 Å². The predicted molar refractivity (Wildman–Crippen MR) is 40.8 cm³/mol. The number of hydrogen-bond donors (Lipinski definition) is 3. The molecule has 1 aromatic heterocycles. The zero-order chi connectivity index (χ0) is 6.69. The Labute approximate surface area is 59.3 Å². The SMILES string of the molecule is CNc1[nH]ncc1CS. The van der Waals surface area contributed by atoms with Gasteiger partial charge < -0.3 is 5.32 Å². The van der Waals surface area contributed by atoms with Crippen LogP contribution in [-0.2, 0) is 5.75 Å². The molecule has 0 saturated carbocycles. The van der Waals surface area contributed by atoms with Crippen LogP contribution >= 0.6 is 12.6 Å². The minimum absolute atomic E-state index is 0.715. The van der Waals surface area contributed by atoms with Gasteiger partial charge in [-0.3, -0.25) is 5.10 Å². The van der Waals surface area contributed by atoms with Crippen LogP contribution in [0.2, 0.25) is 0 Å². The maximum absolute atomic E-state index is 4.10. The number of H-pyrrole nitrogens is 1. The molecule has 1 rings (SSSR count). The molecule has 0 amide bonds. The third-order valence-corrected chi connectivity index (χ3v) is 1.48. The van der Waals surface area contributed by atoms with E-state index in [0.717, 1.165) is 11.4 Å². The van der Waals surface area contributed by atoms with Crippen molar-refractivity contribution < 1.29 is 0 Å². The summed E-state index contributed by atoms with van der Waals surface area (Å²) < 4.78 is 0. The van der Waals surface area contributed by atoms with Crippen molar-refractivity contribution in [3.8, 4) is 0 Å². The number of rotatable bonds is 2. The van der Waals surface area contributed by atoms with Gasteiger partial charge in [0.1, 0.15) is 5.82 Å². The zero-order valence-electron chi connectivity index (χ0n) is 5.18. The molecule has 0 aliphatic heterocycles. The molecule has 0 saturated heterocycles. The van der Waals surface area contributed by atoms with Crippen LogP contribution in [0.15, 0.2) is 6.20 Å². The largest absolute Gasteiger partial charge is 0.373 e. The molecule has 0 spiro atoms. The summed E-state index contributed by atoms with van der Waals surface area (Å²) in [7, 11) is 1.85. The molecule has 0 bridgehead atoms. The van der Waals surface area contributed by atoms with E-state index in [0.29, 0.717) is 5.75 Å². The number of nitrogens with one attached hydrogen (secondary N) is 2. The smallest absolute Gasteiger partial charge is 0.125 e. The van der Waals surface area contributed by atoms with E-state index in [1.807, 2.05) is 7.05 Å². The first kappa shape index (κ1) is 6.48. The molecule has 50 valence electrons. The van der Waals surface area contributed by atoms with Gasteiger partial charge in [0.2, 0.25) is 0 Å². The van der Waals surface area contributed by atoms with Crippen molar-refractivity contribution >= 4 is 18.4 Å². The van der Waals surface area contributed by atoms with Crippen LogP contribution in [0.3, 0.4) is 0 Å². The first-order chi connectivity index (χ1) is 4.38. The fourth-order valence-electron chi connectivity index (χ4n) is 0.647. The monoisotopic (exact) mass is 143 g/mol. The summed E-state index contributed by atoms with van der Waals surface area (Å²) in [5, 5.41) is 9.58. The lowest BCUT2D eigenvalue weighted by Gasteiger charge is -1.95. The van der Waals surface area contributed by atoms with Crippen molar-refractivity contribution in [2.24, 2.45) is 0 Å². The van der Waals surface area contributed by atoms with Gasteiger partial charge in [-0.2, -0.15) is 17.7 Å². The average Bonchev–Trinajstić information content (AvgIpc) is 2.33. The van der Waals surface area contributed by atoms with Crippen molar-refractivity contribution in [1.29, 1.82) is 0 Å². The molecule has 3 nitrogen and oxygen atoms in total. The second-order valence-electron chi connectivity index (χ2n) is 1.68. The average molecular weight is 143 g/mol.